The molecule has 0 saturated carbocycles. The molecule has 2 nitrogen and oxygen atoms in total. The van der Waals surface area contributed by atoms with Crippen molar-refractivity contribution in [2.75, 3.05) is 11.2 Å². The molecule has 0 aromatic heterocycles. The van der Waals surface area contributed by atoms with Gasteiger partial charge in [0.1, 0.15) is 6.07 Å². The van der Waals surface area contributed by atoms with Crippen LogP contribution in [0.3, 0.4) is 0 Å². The van der Waals surface area contributed by atoms with Gasteiger partial charge in [-0.15, -0.1) is 11.8 Å². The number of nitrogens with zero attached hydrogens (tertiary/aromatic N) is 2. The van der Waals surface area contributed by atoms with Gasteiger partial charge in [0.25, 0.3) is 0 Å². The van der Waals surface area contributed by atoms with Gasteiger partial charge in [-0.2, -0.15) is 5.26 Å². The highest BCUT2D eigenvalue weighted by molar-refractivity contribution is 7.98. The maximum absolute atomic E-state index is 9.54. The molecular weight excluding hydrogens is 276 g/mol. The third-order valence-corrected chi connectivity index (χ3v) is 4.24. The van der Waals surface area contributed by atoms with Crippen molar-refractivity contribution in [1.29, 1.82) is 5.26 Å². The Balaban J connectivity index is 2.42. The van der Waals surface area contributed by atoms with Crippen molar-refractivity contribution in [3.05, 3.63) is 59.7 Å². The maximum atomic E-state index is 9.54. The van der Waals surface area contributed by atoms with Gasteiger partial charge in [-0.25, -0.2) is 0 Å². The fraction of sp³-hybridized carbons (Fsp3) is 0.278. The minimum Gasteiger partial charge on any atom is -0.364 e. The molecule has 0 atom stereocenters. The first-order valence-corrected chi connectivity index (χ1v) is 8.27. The summed E-state index contributed by atoms with van der Waals surface area (Å²) >= 11 is 1.62. The van der Waals surface area contributed by atoms with Crippen LogP contribution in [-0.4, -0.2) is 12.3 Å². The van der Waals surface area contributed by atoms with Gasteiger partial charge in [-0.05, 0) is 37.8 Å². The van der Waals surface area contributed by atoms with Gasteiger partial charge in [-0.1, -0.05) is 36.4 Å². The number of hydrogen-bond acceptors (Lipinski definition) is 3. The van der Waals surface area contributed by atoms with Crippen molar-refractivity contribution in [3.8, 4) is 6.07 Å². The summed E-state index contributed by atoms with van der Waals surface area (Å²) in [5.74, 6) is 0. The molecule has 2 rings (SSSR count). The van der Waals surface area contributed by atoms with Crippen LogP contribution in [0.5, 0.6) is 0 Å². The van der Waals surface area contributed by atoms with E-state index in [-0.39, 0.29) is 0 Å². The fourth-order valence-corrected chi connectivity index (χ4v) is 2.94. The van der Waals surface area contributed by atoms with Gasteiger partial charge in [0.2, 0.25) is 0 Å². The summed E-state index contributed by atoms with van der Waals surface area (Å²) in [4.78, 5) is 3.32. The molecule has 108 valence electrons. The summed E-state index contributed by atoms with van der Waals surface area (Å²) in [5.41, 5.74) is 3.04. The number of benzene rings is 2. The molecule has 0 aliphatic heterocycles. The first-order valence-electron chi connectivity index (χ1n) is 7.05. The van der Waals surface area contributed by atoms with Crippen LogP contribution in [-0.2, 0) is 6.54 Å². The van der Waals surface area contributed by atoms with Gasteiger partial charge in [-0.3, -0.25) is 0 Å². The Morgan fingerprint density at radius 2 is 1.81 bits per heavy atom. The Kier molecular flexibility index (Phi) is 5.30. The summed E-state index contributed by atoms with van der Waals surface area (Å²) in [6.07, 6.45) is 2.01. The van der Waals surface area contributed by atoms with Crippen LogP contribution < -0.4 is 4.90 Å². The van der Waals surface area contributed by atoms with Gasteiger partial charge < -0.3 is 4.90 Å². The van der Waals surface area contributed by atoms with Gasteiger partial charge in [0.05, 0.1) is 11.3 Å². The van der Waals surface area contributed by atoms with Crippen molar-refractivity contribution < 1.29 is 0 Å². The third kappa shape index (κ3) is 3.59. The van der Waals surface area contributed by atoms with E-state index in [1.165, 1.54) is 5.56 Å². The van der Waals surface area contributed by atoms with Crippen LogP contribution in [0.25, 0.3) is 0 Å². The topological polar surface area (TPSA) is 27.0 Å². The molecule has 21 heavy (non-hydrogen) atoms. The predicted molar refractivity (Wildman–Crippen MR) is 90.7 cm³/mol. The van der Waals surface area contributed by atoms with Crippen LogP contribution in [0.4, 0.5) is 5.69 Å². The lowest BCUT2D eigenvalue weighted by Gasteiger charge is -2.30. The van der Waals surface area contributed by atoms with Crippen LogP contribution in [0.1, 0.15) is 25.0 Å². The molecule has 0 heterocycles. The van der Waals surface area contributed by atoms with E-state index in [4.69, 9.17) is 0 Å². The molecule has 0 N–H and O–H groups in total. The second-order valence-corrected chi connectivity index (χ2v) is 6.02. The zero-order chi connectivity index (χ0) is 15.2. The lowest BCUT2D eigenvalue weighted by atomic mass is 10.1. The van der Waals surface area contributed by atoms with E-state index < -0.39 is 0 Å². The quantitative estimate of drug-likeness (QED) is 0.749. The Bertz CT molecular complexity index is 629. The van der Waals surface area contributed by atoms with Crippen molar-refractivity contribution in [1.82, 2.24) is 0 Å². The number of hydrogen-bond donors (Lipinski definition) is 0. The highest BCUT2D eigenvalue weighted by Crippen LogP contribution is 2.31. The van der Waals surface area contributed by atoms with E-state index in [0.29, 0.717) is 6.04 Å². The number of nitriles is 1. The van der Waals surface area contributed by atoms with Crippen LogP contribution in [0.15, 0.2) is 53.4 Å². The molecule has 3 heteroatoms. The number of rotatable bonds is 5. The molecule has 0 radical (unpaired) electrons. The number of anilines is 1. The summed E-state index contributed by atoms with van der Waals surface area (Å²) in [7, 11) is 0. The molecule has 0 bridgehead atoms. The van der Waals surface area contributed by atoms with E-state index in [0.717, 1.165) is 22.7 Å². The molecule has 2 aromatic rings. The van der Waals surface area contributed by atoms with Crippen molar-refractivity contribution >= 4 is 17.4 Å². The van der Waals surface area contributed by atoms with Gasteiger partial charge in [0, 0.05) is 17.5 Å². The second-order valence-electron chi connectivity index (χ2n) is 5.17. The summed E-state index contributed by atoms with van der Waals surface area (Å²) < 4.78 is 0. The zero-order valence-electron chi connectivity index (χ0n) is 12.7. The van der Waals surface area contributed by atoms with E-state index in [2.05, 4.69) is 49.1 Å². The smallest absolute Gasteiger partial charge is 0.103 e. The monoisotopic (exact) mass is 296 g/mol. The van der Waals surface area contributed by atoms with E-state index >= 15 is 0 Å². The molecule has 0 saturated heterocycles. The Labute approximate surface area is 131 Å². The molecule has 0 aliphatic rings. The second kappa shape index (κ2) is 7.19. The minimum atomic E-state index is 0.328. The predicted octanol–water partition coefficient (Wildman–Crippen LogP) is 4.70. The molecule has 0 fully saturated rings. The maximum Gasteiger partial charge on any atom is 0.103 e. The van der Waals surface area contributed by atoms with Crippen LogP contribution in [0.2, 0.25) is 0 Å². The first kappa shape index (κ1) is 15.5. The van der Waals surface area contributed by atoms with E-state index in [9.17, 15) is 5.26 Å². The normalized spacial score (nSPS) is 10.4. The average molecular weight is 296 g/mol. The Morgan fingerprint density at radius 3 is 2.38 bits per heavy atom. The average Bonchev–Trinajstić information content (AvgIpc) is 2.52. The summed E-state index contributed by atoms with van der Waals surface area (Å²) in [6.45, 7) is 5.14. The van der Waals surface area contributed by atoms with Gasteiger partial charge >= 0.3 is 0 Å². The van der Waals surface area contributed by atoms with Crippen molar-refractivity contribution in [2.24, 2.45) is 0 Å². The molecule has 0 spiro atoms. The highest BCUT2D eigenvalue weighted by Gasteiger charge is 2.17. The standard InChI is InChI=1S/C18H20N2S/c1-14(2)20(13-15-8-5-4-6-9-15)17-10-7-11-18(21-3)16(17)12-19/h4-11,14H,13H2,1-3H3. The lowest BCUT2D eigenvalue weighted by Crippen LogP contribution is -2.30. The molecule has 0 amide bonds. The SMILES string of the molecule is CSc1cccc(N(Cc2ccccc2)C(C)C)c1C#N. The molecule has 2 aromatic carbocycles. The van der Waals surface area contributed by atoms with E-state index in [1.807, 2.05) is 30.5 Å². The van der Waals surface area contributed by atoms with Crippen molar-refractivity contribution in [2.45, 2.75) is 31.3 Å². The molecule has 0 unspecified atom stereocenters. The summed E-state index contributed by atoms with van der Waals surface area (Å²) in [6, 6.07) is 19.2. The summed E-state index contributed by atoms with van der Waals surface area (Å²) in [5, 5.41) is 9.54. The van der Waals surface area contributed by atoms with Crippen LogP contribution in [0, 0.1) is 11.3 Å². The Hall–Kier alpha value is -1.92. The van der Waals surface area contributed by atoms with Gasteiger partial charge in [0.15, 0.2) is 0 Å². The lowest BCUT2D eigenvalue weighted by molar-refractivity contribution is 0.681. The zero-order valence-corrected chi connectivity index (χ0v) is 13.5. The van der Waals surface area contributed by atoms with Crippen LogP contribution >= 0.6 is 11.8 Å². The molecule has 0 aliphatic carbocycles. The third-order valence-electron chi connectivity index (χ3n) is 3.46. The Morgan fingerprint density at radius 1 is 1.10 bits per heavy atom. The molecular formula is C18H20N2S. The largest absolute Gasteiger partial charge is 0.364 e. The fourth-order valence-electron chi connectivity index (χ4n) is 2.37. The first-order chi connectivity index (χ1) is 10.2. The number of thioether (sulfide) groups is 1. The highest BCUT2D eigenvalue weighted by atomic mass is 32.2. The van der Waals surface area contributed by atoms with Crippen molar-refractivity contribution in [3.63, 3.8) is 0 Å². The minimum absolute atomic E-state index is 0.328. The van der Waals surface area contributed by atoms with E-state index in [1.54, 1.807) is 11.8 Å².